The van der Waals surface area contributed by atoms with Crippen molar-refractivity contribution in [1.29, 1.82) is 0 Å². The van der Waals surface area contributed by atoms with Crippen LogP contribution in [0.2, 0.25) is 0 Å². The van der Waals surface area contributed by atoms with Crippen molar-refractivity contribution in [2.45, 2.75) is 25.0 Å². The van der Waals surface area contributed by atoms with Gasteiger partial charge < -0.3 is 9.84 Å². The zero-order chi connectivity index (χ0) is 5.98. The highest BCUT2D eigenvalue weighted by Gasteiger charge is 2.20. The minimum atomic E-state index is 0.0671. The average Bonchev–Trinajstić information content (AvgIpc) is 2.14. The molecule has 0 saturated carbocycles. The summed E-state index contributed by atoms with van der Waals surface area (Å²) in [6.45, 7) is 3.85. The number of hydrogen-bond acceptors (Lipinski definition) is 2. The molecule has 2 unspecified atom stereocenters. The Morgan fingerprint density at radius 3 is 2.62 bits per heavy atom. The fourth-order valence-electron chi connectivity index (χ4n) is 0.914. The van der Waals surface area contributed by atoms with Crippen molar-refractivity contribution in [3.63, 3.8) is 0 Å². The first-order valence-electron chi connectivity index (χ1n) is 2.92. The molecule has 1 N–H and O–H groups in total. The maximum absolute atomic E-state index is 8.53. The third-order valence-electron chi connectivity index (χ3n) is 1.40. The zero-order valence-electron chi connectivity index (χ0n) is 4.84. The van der Waals surface area contributed by atoms with E-state index in [-0.39, 0.29) is 18.8 Å². The maximum Gasteiger partial charge on any atom is 0.0810 e. The summed E-state index contributed by atoms with van der Waals surface area (Å²) in [5, 5.41) is 8.53. The van der Waals surface area contributed by atoms with E-state index in [0.29, 0.717) is 0 Å². The Kier molecular flexibility index (Phi) is 1.86. The number of rotatable bonds is 1. The summed E-state index contributed by atoms with van der Waals surface area (Å²) in [5.74, 6) is 0. The molecule has 0 aromatic heterocycles. The van der Waals surface area contributed by atoms with Gasteiger partial charge in [-0.15, -0.1) is 0 Å². The SMILES string of the molecule is [CH2]C1CCC(CO)O1. The lowest BCUT2D eigenvalue weighted by Crippen LogP contribution is -2.12. The highest BCUT2D eigenvalue weighted by Crippen LogP contribution is 2.17. The molecule has 1 heterocycles. The van der Waals surface area contributed by atoms with Crippen LogP contribution in [0.15, 0.2) is 0 Å². The molecule has 8 heavy (non-hydrogen) atoms. The molecule has 47 valence electrons. The van der Waals surface area contributed by atoms with Gasteiger partial charge in [0.1, 0.15) is 0 Å². The summed E-state index contributed by atoms with van der Waals surface area (Å²) >= 11 is 0. The fraction of sp³-hybridized carbons (Fsp3) is 0.833. The molecule has 0 aliphatic carbocycles. The molecular weight excluding hydrogens is 104 g/mol. The van der Waals surface area contributed by atoms with E-state index in [0.717, 1.165) is 12.8 Å². The van der Waals surface area contributed by atoms with Gasteiger partial charge in [-0.2, -0.15) is 0 Å². The van der Waals surface area contributed by atoms with Crippen molar-refractivity contribution >= 4 is 0 Å². The van der Waals surface area contributed by atoms with Gasteiger partial charge in [-0.3, -0.25) is 0 Å². The molecule has 0 spiro atoms. The van der Waals surface area contributed by atoms with Gasteiger partial charge in [-0.25, -0.2) is 0 Å². The van der Waals surface area contributed by atoms with Crippen LogP contribution in [0.25, 0.3) is 0 Å². The lowest BCUT2D eigenvalue weighted by molar-refractivity contribution is 0.0300. The number of aliphatic hydroxyl groups is 1. The Balaban J connectivity index is 2.22. The van der Waals surface area contributed by atoms with E-state index < -0.39 is 0 Å². The molecule has 1 saturated heterocycles. The minimum Gasteiger partial charge on any atom is -0.394 e. The minimum absolute atomic E-state index is 0.0671. The Hall–Kier alpha value is -0.0800. The standard InChI is InChI=1S/C6H11O2/c1-5-2-3-6(4-7)8-5/h5-7H,1-4H2. The largest absolute Gasteiger partial charge is 0.394 e. The van der Waals surface area contributed by atoms with E-state index >= 15 is 0 Å². The molecule has 0 aromatic carbocycles. The highest BCUT2D eigenvalue weighted by molar-refractivity contribution is 4.73. The van der Waals surface area contributed by atoms with E-state index in [9.17, 15) is 0 Å². The summed E-state index contributed by atoms with van der Waals surface area (Å²) in [4.78, 5) is 0. The van der Waals surface area contributed by atoms with Crippen molar-refractivity contribution in [1.82, 2.24) is 0 Å². The van der Waals surface area contributed by atoms with Gasteiger partial charge in [0.15, 0.2) is 0 Å². The molecule has 0 bridgehead atoms. The summed E-state index contributed by atoms with van der Waals surface area (Å²) in [6.07, 6.45) is 2.14. The van der Waals surface area contributed by atoms with Crippen LogP contribution in [-0.4, -0.2) is 23.9 Å². The summed E-state index contributed by atoms with van der Waals surface area (Å²) in [6, 6.07) is 0. The van der Waals surface area contributed by atoms with Crippen LogP contribution in [0.3, 0.4) is 0 Å². The monoisotopic (exact) mass is 115 g/mol. The lowest BCUT2D eigenvalue weighted by atomic mass is 10.2. The van der Waals surface area contributed by atoms with Crippen molar-refractivity contribution in [3.8, 4) is 0 Å². The Morgan fingerprint density at radius 2 is 2.38 bits per heavy atom. The van der Waals surface area contributed by atoms with Crippen LogP contribution >= 0.6 is 0 Å². The predicted octanol–water partition coefficient (Wildman–Crippen LogP) is 0.360. The van der Waals surface area contributed by atoms with Crippen molar-refractivity contribution < 1.29 is 9.84 Å². The molecule has 1 radical (unpaired) electrons. The topological polar surface area (TPSA) is 29.5 Å². The predicted molar refractivity (Wildman–Crippen MR) is 30.3 cm³/mol. The van der Waals surface area contributed by atoms with Crippen LogP contribution in [0, 0.1) is 6.92 Å². The Morgan fingerprint density at radius 1 is 1.62 bits per heavy atom. The van der Waals surface area contributed by atoms with Crippen molar-refractivity contribution in [2.24, 2.45) is 0 Å². The third-order valence-corrected chi connectivity index (χ3v) is 1.40. The molecule has 2 atom stereocenters. The second-order valence-electron chi connectivity index (χ2n) is 2.14. The number of aliphatic hydroxyl groups excluding tert-OH is 1. The smallest absolute Gasteiger partial charge is 0.0810 e. The Bertz CT molecular complexity index is 72.9. The van der Waals surface area contributed by atoms with Crippen LogP contribution in [0.5, 0.6) is 0 Å². The van der Waals surface area contributed by atoms with Gasteiger partial charge in [0.05, 0.1) is 18.8 Å². The van der Waals surface area contributed by atoms with Crippen LogP contribution in [0.4, 0.5) is 0 Å². The van der Waals surface area contributed by atoms with Gasteiger partial charge in [0, 0.05) is 0 Å². The molecule has 1 fully saturated rings. The van der Waals surface area contributed by atoms with E-state index in [1.54, 1.807) is 0 Å². The van der Waals surface area contributed by atoms with E-state index in [4.69, 9.17) is 9.84 Å². The first-order chi connectivity index (χ1) is 3.83. The van der Waals surface area contributed by atoms with E-state index in [1.165, 1.54) is 0 Å². The third kappa shape index (κ3) is 1.20. The first-order valence-corrected chi connectivity index (χ1v) is 2.92. The average molecular weight is 115 g/mol. The lowest BCUT2D eigenvalue weighted by Gasteiger charge is -2.04. The van der Waals surface area contributed by atoms with Gasteiger partial charge in [0.25, 0.3) is 0 Å². The molecule has 1 rings (SSSR count). The van der Waals surface area contributed by atoms with Gasteiger partial charge in [0.2, 0.25) is 0 Å². The highest BCUT2D eigenvalue weighted by atomic mass is 16.5. The normalized spacial score (nSPS) is 38.2. The van der Waals surface area contributed by atoms with Crippen molar-refractivity contribution in [3.05, 3.63) is 6.92 Å². The van der Waals surface area contributed by atoms with Crippen molar-refractivity contribution in [2.75, 3.05) is 6.61 Å². The molecule has 2 heteroatoms. The summed E-state index contributed by atoms with van der Waals surface area (Å²) in [5.41, 5.74) is 0. The summed E-state index contributed by atoms with van der Waals surface area (Å²) < 4.78 is 5.15. The zero-order valence-corrected chi connectivity index (χ0v) is 4.84. The van der Waals surface area contributed by atoms with Gasteiger partial charge >= 0.3 is 0 Å². The maximum atomic E-state index is 8.53. The quantitative estimate of drug-likeness (QED) is 0.534. The molecular formula is C6H11O2. The second-order valence-corrected chi connectivity index (χ2v) is 2.14. The number of hydrogen-bond donors (Lipinski definition) is 1. The van der Waals surface area contributed by atoms with Gasteiger partial charge in [-0.05, 0) is 19.8 Å². The van der Waals surface area contributed by atoms with E-state index in [2.05, 4.69) is 6.92 Å². The number of ether oxygens (including phenoxy) is 1. The fourth-order valence-corrected chi connectivity index (χ4v) is 0.914. The molecule has 2 nitrogen and oxygen atoms in total. The van der Waals surface area contributed by atoms with Gasteiger partial charge in [-0.1, -0.05) is 0 Å². The Labute approximate surface area is 49.5 Å². The summed E-state index contributed by atoms with van der Waals surface area (Å²) in [7, 11) is 0. The molecule has 0 amide bonds. The van der Waals surface area contributed by atoms with E-state index in [1.807, 2.05) is 0 Å². The van der Waals surface area contributed by atoms with Crippen LogP contribution in [-0.2, 0) is 4.74 Å². The molecule has 1 aliphatic rings. The van der Waals surface area contributed by atoms with Crippen LogP contribution < -0.4 is 0 Å². The van der Waals surface area contributed by atoms with Crippen LogP contribution in [0.1, 0.15) is 12.8 Å². The molecule has 1 aliphatic heterocycles. The second kappa shape index (κ2) is 2.46. The molecule has 0 aromatic rings. The first kappa shape index (κ1) is 6.05.